The van der Waals surface area contributed by atoms with Crippen LogP contribution in [0.2, 0.25) is 0 Å². The molecule has 0 saturated carbocycles. The van der Waals surface area contributed by atoms with E-state index in [0.29, 0.717) is 19.3 Å². The van der Waals surface area contributed by atoms with Gasteiger partial charge in [-0.1, -0.05) is 83.6 Å². The van der Waals surface area contributed by atoms with Crippen LogP contribution < -0.4 is 42.5 Å². The predicted octanol–water partition coefficient (Wildman–Crippen LogP) is 0.999. The largest absolute Gasteiger partial charge is 0.481 e. The van der Waals surface area contributed by atoms with Crippen LogP contribution in [0.3, 0.4) is 0 Å². The summed E-state index contributed by atoms with van der Waals surface area (Å²) in [6, 6.07) is -6.48. The summed E-state index contributed by atoms with van der Waals surface area (Å²) < 4.78 is 21.2. The molecule has 0 heterocycles. The van der Waals surface area contributed by atoms with Crippen molar-refractivity contribution in [2.24, 2.45) is 0 Å². The van der Waals surface area contributed by atoms with Gasteiger partial charge < -0.3 is 92.1 Å². The quantitative estimate of drug-likeness (QED) is 0.0378. The zero-order valence-corrected chi connectivity index (χ0v) is 50.4. The Labute approximate surface area is 508 Å². The van der Waals surface area contributed by atoms with Gasteiger partial charge in [0.25, 0.3) is 0 Å². The van der Waals surface area contributed by atoms with Gasteiger partial charge >= 0.3 is 29.8 Å². The average molecular weight is 1250 g/mol. The fraction of sp³-hybridized carbons (Fsp3) is 0.754. The van der Waals surface area contributed by atoms with Crippen molar-refractivity contribution in [1.29, 1.82) is 0 Å². The van der Waals surface area contributed by atoms with Crippen LogP contribution in [0, 0.1) is 0 Å². The van der Waals surface area contributed by atoms with E-state index < -0.39 is 114 Å². The first-order valence-electron chi connectivity index (χ1n) is 30.0. The van der Waals surface area contributed by atoms with Crippen molar-refractivity contribution in [3.05, 3.63) is 12.8 Å². The van der Waals surface area contributed by atoms with Gasteiger partial charge in [-0.05, 0) is 64.5 Å². The number of carboxylic acid groups (broad SMARTS) is 5. The van der Waals surface area contributed by atoms with E-state index in [9.17, 15) is 83.1 Å². The molecule has 0 aromatic rings. The molecule has 30 nitrogen and oxygen atoms in total. The monoisotopic (exact) mass is 1250 g/mol. The molecule has 0 aromatic carbocycles. The lowest BCUT2D eigenvalue weighted by Crippen LogP contribution is -2.53. The minimum Gasteiger partial charge on any atom is -0.481 e. The molecule has 0 aliphatic heterocycles. The number of carbonyl (C=O) groups is 12. The molecule has 0 rings (SSSR count). The van der Waals surface area contributed by atoms with Crippen LogP contribution in [0.1, 0.15) is 167 Å². The van der Waals surface area contributed by atoms with Crippen LogP contribution in [0.25, 0.3) is 0 Å². The SMILES string of the molecule is C=CN[C@@H](CCCCNC(=O)CC[C@H](NC(=O)COCCOCCNC(=O)COCCOCCNC(=O)CC[C@H](NC(=O)CC[C@H](NC(=O)CCCCCCCCCCCCCCCCC(=O)O)C(=O)O)C(=O)O)C(=O)O)C(=O)NC(C(=O)O)C(C)O. The summed E-state index contributed by atoms with van der Waals surface area (Å²) in [5.74, 6) is -10.2. The first-order valence-corrected chi connectivity index (χ1v) is 30.0. The number of rotatable bonds is 59. The van der Waals surface area contributed by atoms with Gasteiger partial charge in [-0.2, -0.15) is 0 Å². The smallest absolute Gasteiger partial charge is 0.328 e. The molecule has 0 radical (unpaired) electrons. The average Bonchev–Trinajstić information content (AvgIpc) is 3.67. The number of amides is 7. The molecule has 6 atom stereocenters. The van der Waals surface area contributed by atoms with Crippen LogP contribution in [0.5, 0.6) is 0 Å². The number of carbonyl (C=O) groups excluding carboxylic acids is 7. The third-order valence-corrected chi connectivity index (χ3v) is 13.2. The summed E-state index contributed by atoms with van der Waals surface area (Å²) in [6.07, 6.45) is 14.1. The maximum atomic E-state index is 12.6. The van der Waals surface area contributed by atoms with Crippen molar-refractivity contribution in [3.63, 3.8) is 0 Å². The predicted molar refractivity (Wildman–Crippen MR) is 312 cm³/mol. The lowest BCUT2D eigenvalue weighted by atomic mass is 10.0. The second-order valence-electron chi connectivity index (χ2n) is 20.7. The summed E-state index contributed by atoms with van der Waals surface area (Å²) in [7, 11) is 0. The van der Waals surface area contributed by atoms with Crippen LogP contribution in [-0.4, -0.2) is 211 Å². The van der Waals surface area contributed by atoms with Crippen molar-refractivity contribution in [3.8, 4) is 0 Å². The van der Waals surface area contributed by atoms with Crippen molar-refractivity contribution in [2.45, 2.75) is 204 Å². The number of aliphatic carboxylic acids is 5. The van der Waals surface area contributed by atoms with E-state index in [2.05, 4.69) is 49.1 Å². The summed E-state index contributed by atoms with van der Waals surface area (Å²) in [5, 5.41) is 76.0. The molecule has 0 saturated heterocycles. The third-order valence-electron chi connectivity index (χ3n) is 13.2. The Bertz CT molecular complexity index is 2070. The van der Waals surface area contributed by atoms with Gasteiger partial charge in [-0.3, -0.25) is 38.4 Å². The summed E-state index contributed by atoms with van der Waals surface area (Å²) in [6.45, 7) is 4.68. The Morgan fingerprint density at radius 3 is 1.18 bits per heavy atom. The molecule has 498 valence electrons. The van der Waals surface area contributed by atoms with E-state index >= 15 is 0 Å². The van der Waals surface area contributed by atoms with Crippen LogP contribution in [0.4, 0.5) is 0 Å². The molecule has 0 aliphatic carbocycles. The Balaban J connectivity index is 4.08. The number of unbranched alkanes of at least 4 members (excludes halogenated alkanes) is 14. The highest BCUT2D eigenvalue weighted by Gasteiger charge is 2.29. The number of carboxylic acids is 5. The summed E-state index contributed by atoms with van der Waals surface area (Å²) in [4.78, 5) is 144. The molecule has 0 fully saturated rings. The van der Waals surface area contributed by atoms with E-state index in [1.54, 1.807) is 0 Å². The van der Waals surface area contributed by atoms with Crippen LogP contribution in [0.15, 0.2) is 12.8 Å². The second-order valence-corrected chi connectivity index (χ2v) is 20.7. The van der Waals surface area contributed by atoms with E-state index in [1.807, 2.05) is 0 Å². The Morgan fingerprint density at radius 1 is 0.379 bits per heavy atom. The van der Waals surface area contributed by atoms with Crippen LogP contribution in [-0.2, 0) is 76.5 Å². The van der Waals surface area contributed by atoms with Crippen molar-refractivity contribution in [2.75, 3.05) is 72.5 Å². The molecule has 0 spiro atoms. The first-order chi connectivity index (χ1) is 41.6. The fourth-order valence-electron chi connectivity index (χ4n) is 8.35. The van der Waals surface area contributed by atoms with Crippen molar-refractivity contribution < 1.29 is 107 Å². The molecule has 0 aromatic heterocycles. The number of hydrogen-bond acceptors (Lipinski definition) is 18. The standard InChI is InChI=1S/C57H98N8O22/c1-3-58-41(53(75)65-52(40(2)66)57(82)83)20-18-19-29-59-45(67)26-24-44(56(80)81)64-50(72)39-87-37-35-85-33-31-61-49(71)38-86-36-34-84-32-30-60-46(68)27-23-42(54(76)77)63-48(70)28-25-43(55(78)79)62-47(69)21-16-14-12-10-8-6-4-5-7-9-11-13-15-17-22-51(73)74/h3,40-44,52,58,66H,1,4-39H2,2H3,(H,59,67)(H,60,68)(H,61,71)(H,62,69)(H,63,70)(H,64,72)(H,65,75)(H,73,74)(H,76,77)(H,78,79)(H,80,81)(H,82,83)/t40?,41-,42-,43-,44-,52?/m0/s1. The molecule has 14 N–H and O–H groups in total. The number of hydrogen-bond donors (Lipinski definition) is 14. The minimum atomic E-state index is -1.50. The van der Waals surface area contributed by atoms with Crippen molar-refractivity contribution >= 4 is 71.2 Å². The first kappa shape index (κ1) is 80.0. The summed E-state index contributed by atoms with van der Waals surface area (Å²) in [5.41, 5.74) is 0. The molecule has 30 heteroatoms. The molecule has 2 unspecified atom stereocenters. The highest BCUT2D eigenvalue weighted by atomic mass is 16.5. The van der Waals surface area contributed by atoms with Gasteiger partial charge in [0.15, 0.2) is 6.04 Å². The van der Waals surface area contributed by atoms with Gasteiger partial charge in [0, 0.05) is 51.7 Å². The molecular weight excluding hydrogens is 1150 g/mol. The third kappa shape index (κ3) is 46.8. The maximum Gasteiger partial charge on any atom is 0.328 e. The molecule has 0 aliphatic rings. The number of aliphatic hydroxyl groups is 1. The lowest BCUT2D eigenvalue weighted by molar-refractivity contribution is -0.145. The van der Waals surface area contributed by atoms with Gasteiger partial charge in [0.1, 0.15) is 37.4 Å². The van der Waals surface area contributed by atoms with Crippen LogP contribution >= 0.6 is 0 Å². The van der Waals surface area contributed by atoms with Gasteiger partial charge in [0.05, 0.1) is 45.7 Å². The minimum absolute atomic E-state index is 0.0305. The number of aliphatic hydroxyl groups excluding tert-OH is 1. The van der Waals surface area contributed by atoms with Crippen molar-refractivity contribution in [1.82, 2.24) is 42.5 Å². The van der Waals surface area contributed by atoms with E-state index in [1.165, 1.54) is 38.8 Å². The Kier molecular flexibility index (Phi) is 47.9. The normalized spacial score (nSPS) is 13.0. The molecule has 87 heavy (non-hydrogen) atoms. The Hall–Kier alpha value is -7.02. The summed E-state index contributed by atoms with van der Waals surface area (Å²) >= 11 is 0. The number of nitrogens with one attached hydrogen (secondary N) is 8. The zero-order valence-electron chi connectivity index (χ0n) is 50.4. The number of ether oxygens (including phenoxy) is 4. The second kappa shape index (κ2) is 52.1. The molecule has 7 amide bonds. The van der Waals surface area contributed by atoms with E-state index in [4.69, 9.17) is 24.1 Å². The van der Waals surface area contributed by atoms with Gasteiger partial charge in [0.2, 0.25) is 41.4 Å². The topological polar surface area (TPSA) is 459 Å². The zero-order chi connectivity index (χ0) is 65.0. The van der Waals surface area contributed by atoms with E-state index in [-0.39, 0.29) is 124 Å². The van der Waals surface area contributed by atoms with E-state index in [0.717, 1.165) is 57.8 Å². The van der Waals surface area contributed by atoms with Gasteiger partial charge in [-0.15, -0.1) is 0 Å². The maximum absolute atomic E-state index is 12.6. The van der Waals surface area contributed by atoms with Gasteiger partial charge in [-0.25, -0.2) is 19.2 Å². The molecular formula is C57H98N8O22. The lowest BCUT2D eigenvalue weighted by Gasteiger charge is -2.22. The fourth-order valence-corrected chi connectivity index (χ4v) is 8.35. The molecule has 0 bridgehead atoms. The highest BCUT2D eigenvalue weighted by molar-refractivity contribution is 5.88. The highest BCUT2D eigenvalue weighted by Crippen LogP contribution is 2.14. The Morgan fingerprint density at radius 2 is 0.759 bits per heavy atom.